The van der Waals surface area contributed by atoms with E-state index in [-0.39, 0.29) is 16.3 Å². The highest BCUT2D eigenvalue weighted by molar-refractivity contribution is 9.09. The number of carbonyl (C=O) groups excluding carboxylic acids is 1. The first-order chi connectivity index (χ1) is 6.25. The first-order valence-electron chi connectivity index (χ1n) is 5.20. The second-order valence-electron chi connectivity index (χ2n) is 4.82. The van der Waals surface area contributed by atoms with Gasteiger partial charge in [-0.15, -0.1) is 0 Å². The highest BCUT2D eigenvalue weighted by Crippen LogP contribution is 2.17. The summed E-state index contributed by atoms with van der Waals surface area (Å²) in [7, 11) is 0. The molecule has 2 nitrogen and oxygen atoms in total. The molecular formula is C11H22BrNO. The van der Waals surface area contributed by atoms with E-state index >= 15 is 0 Å². The van der Waals surface area contributed by atoms with Gasteiger partial charge in [0.05, 0.1) is 0 Å². The van der Waals surface area contributed by atoms with Gasteiger partial charge >= 0.3 is 0 Å². The van der Waals surface area contributed by atoms with Crippen molar-refractivity contribution in [1.82, 2.24) is 5.32 Å². The predicted molar refractivity (Wildman–Crippen MR) is 64.7 cm³/mol. The Kier molecular flexibility index (Phi) is 5.72. The SMILES string of the molecule is CC(C)CCC(=O)NC(C)(C)C(C)Br. The number of nitrogens with one attached hydrogen (secondary N) is 1. The molecule has 0 aromatic heterocycles. The summed E-state index contributed by atoms with van der Waals surface area (Å²) in [6.07, 6.45) is 1.58. The van der Waals surface area contributed by atoms with Gasteiger partial charge in [-0.2, -0.15) is 0 Å². The lowest BCUT2D eigenvalue weighted by molar-refractivity contribution is -0.122. The van der Waals surface area contributed by atoms with Crippen molar-refractivity contribution < 1.29 is 4.79 Å². The molecule has 0 heterocycles. The van der Waals surface area contributed by atoms with Gasteiger partial charge in [-0.25, -0.2) is 0 Å². The van der Waals surface area contributed by atoms with Crippen LogP contribution in [0.3, 0.4) is 0 Å². The first kappa shape index (κ1) is 13.9. The van der Waals surface area contributed by atoms with Gasteiger partial charge in [0.1, 0.15) is 0 Å². The number of hydrogen-bond donors (Lipinski definition) is 1. The summed E-state index contributed by atoms with van der Waals surface area (Å²) in [4.78, 5) is 11.8. The molecule has 1 amide bonds. The molecule has 0 bridgehead atoms. The molecule has 14 heavy (non-hydrogen) atoms. The van der Waals surface area contributed by atoms with Crippen LogP contribution in [-0.2, 0) is 4.79 Å². The quantitative estimate of drug-likeness (QED) is 0.759. The summed E-state index contributed by atoms with van der Waals surface area (Å²) in [6, 6.07) is 0. The van der Waals surface area contributed by atoms with E-state index in [1.54, 1.807) is 0 Å². The van der Waals surface area contributed by atoms with Crippen molar-refractivity contribution in [2.45, 2.75) is 57.8 Å². The van der Waals surface area contributed by atoms with Crippen LogP contribution < -0.4 is 5.32 Å². The van der Waals surface area contributed by atoms with E-state index in [4.69, 9.17) is 0 Å². The van der Waals surface area contributed by atoms with E-state index in [1.165, 1.54) is 0 Å². The van der Waals surface area contributed by atoms with Crippen molar-refractivity contribution in [3.8, 4) is 0 Å². The van der Waals surface area contributed by atoms with Gasteiger partial charge in [0.2, 0.25) is 5.91 Å². The van der Waals surface area contributed by atoms with E-state index < -0.39 is 0 Å². The van der Waals surface area contributed by atoms with E-state index in [1.807, 2.05) is 20.8 Å². The minimum Gasteiger partial charge on any atom is -0.350 e. The Morgan fingerprint density at radius 3 is 2.21 bits per heavy atom. The molecule has 0 radical (unpaired) electrons. The predicted octanol–water partition coefficient (Wildman–Crippen LogP) is 3.10. The standard InChI is InChI=1S/C11H22BrNO/c1-8(2)6-7-10(14)13-11(4,5)9(3)12/h8-9H,6-7H2,1-5H3,(H,13,14). The van der Waals surface area contributed by atoms with Crippen LogP contribution in [0, 0.1) is 5.92 Å². The molecule has 0 fully saturated rings. The zero-order chi connectivity index (χ0) is 11.4. The Morgan fingerprint density at radius 1 is 1.36 bits per heavy atom. The molecule has 0 saturated heterocycles. The molecular weight excluding hydrogens is 242 g/mol. The molecule has 1 unspecified atom stereocenters. The maximum Gasteiger partial charge on any atom is 0.220 e. The van der Waals surface area contributed by atoms with E-state index in [9.17, 15) is 4.79 Å². The number of hydrogen-bond acceptors (Lipinski definition) is 1. The molecule has 0 saturated carbocycles. The summed E-state index contributed by atoms with van der Waals surface area (Å²) < 4.78 is 0. The number of rotatable bonds is 5. The first-order valence-corrected chi connectivity index (χ1v) is 6.12. The van der Waals surface area contributed by atoms with Crippen molar-refractivity contribution in [3.63, 3.8) is 0 Å². The summed E-state index contributed by atoms with van der Waals surface area (Å²) in [6.45, 7) is 10.4. The highest BCUT2D eigenvalue weighted by Gasteiger charge is 2.25. The average molecular weight is 264 g/mol. The van der Waals surface area contributed by atoms with Gasteiger partial charge in [0.15, 0.2) is 0 Å². The van der Waals surface area contributed by atoms with Crippen LogP contribution in [0.2, 0.25) is 0 Å². The molecule has 3 heteroatoms. The number of halogens is 1. The number of carbonyl (C=O) groups is 1. The summed E-state index contributed by atoms with van der Waals surface area (Å²) in [5.41, 5.74) is -0.173. The van der Waals surface area contributed by atoms with Crippen LogP contribution in [0.25, 0.3) is 0 Å². The third-order valence-corrected chi connectivity index (χ3v) is 3.55. The molecule has 0 aliphatic rings. The summed E-state index contributed by atoms with van der Waals surface area (Å²) in [5.74, 6) is 0.736. The van der Waals surface area contributed by atoms with Crippen molar-refractivity contribution in [2.24, 2.45) is 5.92 Å². The Balaban J connectivity index is 3.94. The van der Waals surface area contributed by atoms with Gasteiger partial charge in [0.25, 0.3) is 0 Å². The molecule has 0 aliphatic carbocycles. The lowest BCUT2D eigenvalue weighted by atomic mass is 10.0. The van der Waals surface area contributed by atoms with Crippen LogP contribution in [-0.4, -0.2) is 16.3 Å². The van der Waals surface area contributed by atoms with Gasteiger partial charge in [-0.1, -0.05) is 36.7 Å². The number of alkyl halides is 1. The maximum absolute atomic E-state index is 11.5. The Labute approximate surface area is 96.0 Å². The molecule has 1 atom stereocenters. The Hall–Kier alpha value is -0.0500. The highest BCUT2D eigenvalue weighted by atomic mass is 79.9. The lowest BCUT2D eigenvalue weighted by Gasteiger charge is -2.29. The van der Waals surface area contributed by atoms with Crippen molar-refractivity contribution in [3.05, 3.63) is 0 Å². The molecule has 0 aliphatic heterocycles. The summed E-state index contributed by atoms with van der Waals surface area (Å²) in [5, 5.41) is 3.03. The van der Waals surface area contributed by atoms with Crippen molar-refractivity contribution in [2.75, 3.05) is 0 Å². The molecule has 1 N–H and O–H groups in total. The van der Waals surface area contributed by atoms with Gasteiger partial charge < -0.3 is 5.32 Å². The maximum atomic E-state index is 11.5. The van der Waals surface area contributed by atoms with Crippen LogP contribution in [0.15, 0.2) is 0 Å². The molecule has 0 spiro atoms. The Bertz CT molecular complexity index is 188. The monoisotopic (exact) mass is 263 g/mol. The van der Waals surface area contributed by atoms with E-state index in [0.717, 1.165) is 6.42 Å². The smallest absolute Gasteiger partial charge is 0.220 e. The van der Waals surface area contributed by atoms with Gasteiger partial charge in [0, 0.05) is 16.8 Å². The zero-order valence-electron chi connectivity index (χ0n) is 9.86. The fourth-order valence-corrected chi connectivity index (χ4v) is 1.06. The lowest BCUT2D eigenvalue weighted by Crippen LogP contribution is -2.48. The fourth-order valence-electron chi connectivity index (χ4n) is 0.941. The number of amides is 1. The van der Waals surface area contributed by atoms with E-state index in [2.05, 4.69) is 35.1 Å². The van der Waals surface area contributed by atoms with Crippen molar-refractivity contribution >= 4 is 21.8 Å². The van der Waals surface area contributed by atoms with Crippen LogP contribution >= 0.6 is 15.9 Å². The molecule has 0 aromatic carbocycles. The zero-order valence-corrected chi connectivity index (χ0v) is 11.4. The van der Waals surface area contributed by atoms with Crippen molar-refractivity contribution in [1.29, 1.82) is 0 Å². The molecule has 0 rings (SSSR count). The third kappa shape index (κ3) is 5.63. The minimum absolute atomic E-state index is 0.148. The normalized spacial score (nSPS) is 14.2. The molecule has 84 valence electrons. The Morgan fingerprint density at radius 2 is 1.86 bits per heavy atom. The minimum atomic E-state index is -0.173. The molecule has 0 aromatic rings. The van der Waals surface area contributed by atoms with Gasteiger partial charge in [-0.3, -0.25) is 4.79 Å². The topological polar surface area (TPSA) is 29.1 Å². The average Bonchev–Trinajstić information content (AvgIpc) is 1.99. The van der Waals surface area contributed by atoms with Crippen LogP contribution in [0.1, 0.15) is 47.5 Å². The fraction of sp³-hybridized carbons (Fsp3) is 0.909. The van der Waals surface area contributed by atoms with Crippen LogP contribution in [0.5, 0.6) is 0 Å². The van der Waals surface area contributed by atoms with Crippen LogP contribution in [0.4, 0.5) is 0 Å². The third-order valence-electron chi connectivity index (χ3n) is 2.40. The largest absolute Gasteiger partial charge is 0.350 e. The van der Waals surface area contributed by atoms with E-state index in [0.29, 0.717) is 12.3 Å². The van der Waals surface area contributed by atoms with Gasteiger partial charge in [-0.05, 0) is 26.2 Å². The second-order valence-corrected chi connectivity index (χ2v) is 6.19. The summed E-state index contributed by atoms with van der Waals surface area (Å²) >= 11 is 3.49. The second kappa shape index (κ2) is 5.74.